The van der Waals surface area contributed by atoms with E-state index in [0.29, 0.717) is 6.42 Å². The van der Waals surface area contributed by atoms with Crippen LogP contribution in [0.3, 0.4) is 0 Å². The van der Waals surface area contributed by atoms with Crippen molar-refractivity contribution >= 4 is 24.3 Å². The Hall–Kier alpha value is -0.810. The lowest BCUT2D eigenvalue weighted by atomic mass is 10.0. The second-order valence-corrected chi connectivity index (χ2v) is 5.39. The lowest BCUT2D eigenvalue weighted by Crippen LogP contribution is -2.46. The normalized spacial score (nSPS) is 17.7. The van der Waals surface area contributed by atoms with Gasteiger partial charge in [-0.2, -0.15) is 0 Å². The monoisotopic (exact) mass is 320 g/mol. The molecule has 1 amide bonds. The van der Waals surface area contributed by atoms with Crippen LogP contribution in [-0.2, 0) is 14.3 Å². The lowest BCUT2D eigenvalue weighted by Gasteiger charge is -2.22. The molecule has 1 atom stereocenters. The van der Waals surface area contributed by atoms with Crippen LogP contribution in [0.2, 0.25) is 0 Å². The highest BCUT2D eigenvalue weighted by Crippen LogP contribution is 2.08. The van der Waals surface area contributed by atoms with Gasteiger partial charge in [0.15, 0.2) is 0 Å². The molecule has 1 fully saturated rings. The first kappa shape index (κ1) is 20.2. The molecule has 124 valence electrons. The van der Waals surface area contributed by atoms with Crippen molar-refractivity contribution in [3.63, 3.8) is 0 Å². The molecule has 1 unspecified atom stereocenters. The predicted octanol–water partition coefficient (Wildman–Crippen LogP) is 2.18. The summed E-state index contributed by atoms with van der Waals surface area (Å²) in [6, 6.07) is 0.0174. The number of nitrogens with one attached hydrogen (secondary N) is 2. The lowest BCUT2D eigenvalue weighted by molar-refractivity contribution is -0.140. The SMILES string of the molecule is COC(=O)CCCCCCCNC(=O)C1CCCCN1.Cl. The molecule has 0 bridgehead atoms. The van der Waals surface area contributed by atoms with E-state index in [4.69, 9.17) is 0 Å². The van der Waals surface area contributed by atoms with Crippen molar-refractivity contribution in [2.45, 2.75) is 63.8 Å². The van der Waals surface area contributed by atoms with Crippen LogP contribution in [0.15, 0.2) is 0 Å². The molecule has 6 heteroatoms. The molecular formula is C15H29ClN2O3. The van der Waals surface area contributed by atoms with Crippen molar-refractivity contribution in [1.29, 1.82) is 0 Å². The smallest absolute Gasteiger partial charge is 0.305 e. The van der Waals surface area contributed by atoms with E-state index in [1.54, 1.807) is 0 Å². The van der Waals surface area contributed by atoms with Crippen molar-refractivity contribution in [3.8, 4) is 0 Å². The van der Waals surface area contributed by atoms with E-state index in [1.165, 1.54) is 13.5 Å². The zero-order valence-corrected chi connectivity index (χ0v) is 13.8. The van der Waals surface area contributed by atoms with Gasteiger partial charge in [-0.05, 0) is 32.2 Å². The third-order valence-electron chi connectivity index (χ3n) is 3.71. The summed E-state index contributed by atoms with van der Waals surface area (Å²) in [7, 11) is 1.42. The molecule has 21 heavy (non-hydrogen) atoms. The first-order valence-electron chi connectivity index (χ1n) is 7.82. The molecule has 0 saturated carbocycles. The van der Waals surface area contributed by atoms with E-state index in [9.17, 15) is 9.59 Å². The number of unbranched alkanes of at least 4 members (excludes halogenated alkanes) is 4. The Kier molecular flexibility index (Phi) is 12.4. The molecule has 1 rings (SSSR count). The fourth-order valence-corrected chi connectivity index (χ4v) is 2.44. The zero-order valence-electron chi connectivity index (χ0n) is 13.0. The summed E-state index contributed by atoms with van der Waals surface area (Å²) >= 11 is 0. The molecule has 0 aromatic rings. The van der Waals surface area contributed by atoms with Crippen molar-refractivity contribution < 1.29 is 14.3 Å². The Balaban J connectivity index is 0.00000400. The number of ether oxygens (including phenoxy) is 1. The summed E-state index contributed by atoms with van der Waals surface area (Å²) in [5.41, 5.74) is 0. The van der Waals surface area contributed by atoms with Gasteiger partial charge in [0.1, 0.15) is 0 Å². The van der Waals surface area contributed by atoms with Gasteiger partial charge >= 0.3 is 5.97 Å². The fraction of sp³-hybridized carbons (Fsp3) is 0.867. The summed E-state index contributed by atoms with van der Waals surface area (Å²) < 4.78 is 4.59. The Bertz CT molecular complexity index is 295. The second kappa shape index (κ2) is 12.9. The molecule has 1 heterocycles. The minimum absolute atomic E-state index is 0. The molecule has 0 aromatic heterocycles. The Morgan fingerprint density at radius 1 is 1.14 bits per heavy atom. The van der Waals surface area contributed by atoms with Gasteiger partial charge in [0, 0.05) is 13.0 Å². The molecule has 0 aliphatic carbocycles. The number of hydrogen-bond donors (Lipinski definition) is 2. The Morgan fingerprint density at radius 3 is 2.52 bits per heavy atom. The number of amides is 1. The quantitative estimate of drug-likeness (QED) is 0.505. The zero-order chi connectivity index (χ0) is 14.6. The van der Waals surface area contributed by atoms with Crippen molar-refractivity contribution in [3.05, 3.63) is 0 Å². The van der Waals surface area contributed by atoms with Gasteiger partial charge < -0.3 is 15.4 Å². The van der Waals surface area contributed by atoms with Gasteiger partial charge in [0.25, 0.3) is 0 Å². The molecule has 1 aliphatic heterocycles. The topological polar surface area (TPSA) is 67.4 Å². The highest BCUT2D eigenvalue weighted by molar-refractivity contribution is 5.85. The third kappa shape index (κ3) is 9.69. The van der Waals surface area contributed by atoms with E-state index >= 15 is 0 Å². The van der Waals surface area contributed by atoms with Crippen molar-refractivity contribution in [2.75, 3.05) is 20.2 Å². The molecule has 1 saturated heterocycles. The van der Waals surface area contributed by atoms with E-state index < -0.39 is 0 Å². The van der Waals surface area contributed by atoms with E-state index in [0.717, 1.165) is 58.0 Å². The van der Waals surface area contributed by atoms with Crippen LogP contribution < -0.4 is 10.6 Å². The molecule has 0 radical (unpaired) electrons. The Morgan fingerprint density at radius 2 is 1.86 bits per heavy atom. The maximum absolute atomic E-state index is 11.8. The molecule has 0 spiro atoms. The van der Waals surface area contributed by atoms with Gasteiger partial charge in [-0.15, -0.1) is 12.4 Å². The third-order valence-corrected chi connectivity index (χ3v) is 3.71. The van der Waals surface area contributed by atoms with Crippen molar-refractivity contribution in [1.82, 2.24) is 10.6 Å². The maximum atomic E-state index is 11.8. The van der Waals surface area contributed by atoms with Gasteiger partial charge in [-0.25, -0.2) is 0 Å². The summed E-state index contributed by atoms with van der Waals surface area (Å²) in [5, 5.41) is 6.24. The van der Waals surface area contributed by atoms with E-state index in [1.807, 2.05) is 0 Å². The molecule has 0 aromatic carbocycles. The molecular weight excluding hydrogens is 292 g/mol. The number of esters is 1. The standard InChI is InChI=1S/C15H28N2O3.ClH/c1-20-14(18)10-5-3-2-4-7-12-17-15(19)13-9-6-8-11-16-13;/h13,16H,2-12H2,1H3,(H,17,19);1H. The van der Waals surface area contributed by atoms with Gasteiger partial charge in [0.2, 0.25) is 5.91 Å². The Labute approximate surface area is 134 Å². The molecule has 1 aliphatic rings. The molecule has 5 nitrogen and oxygen atoms in total. The maximum Gasteiger partial charge on any atom is 0.305 e. The largest absolute Gasteiger partial charge is 0.469 e. The minimum atomic E-state index is -0.128. The summed E-state index contributed by atoms with van der Waals surface area (Å²) in [6.45, 7) is 1.71. The highest BCUT2D eigenvalue weighted by atomic mass is 35.5. The number of carbonyl (C=O) groups excluding carboxylic acids is 2. The van der Waals surface area contributed by atoms with Crippen LogP contribution in [0.1, 0.15) is 57.8 Å². The van der Waals surface area contributed by atoms with Crippen LogP contribution in [0.25, 0.3) is 0 Å². The number of piperidine rings is 1. The van der Waals surface area contributed by atoms with Gasteiger partial charge in [0.05, 0.1) is 13.2 Å². The average molecular weight is 321 g/mol. The fourth-order valence-electron chi connectivity index (χ4n) is 2.44. The van der Waals surface area contributed by atoms with Crippen LogP contribution in [-0.4, -0.2) is 38.1 Å². The van der Waals surface area contributed by atoms with Gasteiger partial charge in [-0.3, -0.25) is 9.59 Å². The number of carbonyl (C=O) groups is 2. The average Bonchev–Trinajstić information content (AvgIpc) is 2.50. The minimum Gasteiger partial charge on any atom is -0.469 e. The molecule has 2 N–H and O–H groups in total. The number of methoxy groups -OCH3 is 1. The van der Waals surface area contributed by atoms with Crippen LogP contribution in [0.5, 0.6) is 0 Å². The number of hydrogen-bond acceptors (Lipinski definition) is 4. The van der Waals surface area contributed by atoms with Crippen LogP contribution >= 0.6 is 12.4 Å². The predicted molar refractivity (Wildman–Crippen MR) is 85.6 cm³/mol. The van der Waals surface area contributed by atoms with Crippen LogP contribution in [0.4, 0.5) is 0 Å². The number of halogens is 1. The van der Waals surface area contributed by atoms with E-state index in [-0.39, 0.29) is 30.3 Å². The van der Waals surface area contributed by atoms with Crippen LogP contribution in [0, 0.1) is 0 Å². The first-order valence-corrected chi connectivity index (χ1v) is 7.82. The first-order chi connectivity index (χ1) is 9.74. The second-order valence-electron chi connectivity index (χ2n) is 5.39. The highest BCUT2D eigenvalue weighted by Gasteiger charge is 2.19. The summed E-state index contributed by atoms with van der Waals surface area (Å²) in [5.74, 6) is 0.0210. The van der Waals surface area contributed by atoms with E-state index in [2.05, 4.69) is 15.4 Å². The van der Waals surface area contributed by atoms with Gasteiger partial charge in [-0.1, -0.05) is 25.7 Å². The summed E-state index contributed by atoms with van der Waals surface area (Å²) in [6.07, 6.45) is 8.95. The number of rotatable bonds is 9. The van der Waals surface area contributed by atoms with Crippen molar-refractivity contribution in [2.24, 2.45) is 0 Å². The summed E-state index contributed by atoms with van der Waals surface area (Å²) in [4.78, 5) is 22.7.